The lowest BCUT2D eigenvalue weighted by Crippen LogP contribution is -1.96. The van der Waals surface area contributed by atoms with E-state index in [-0.39, 0.29) is 12.4 Å². The van der Waals surface area contributed by atoms with Crippen molar-refractivity contribution in [1.82, 2.24) is 0 Å². The Kier molecular flexibility index (Phi) is 3.89. The molecule has 1 rings (SSSR count). The van der Waals surface area contributed by atoms with E-state index >= 15 is 0 Å². The van der Waals surface area contributed by atoms with Crippen LogP contribution in [0.4, 0.5) is 4.39 Å². The average molecular weight is 198 g/mol. The van der Waals surface area contributed by atoms with Gasteiger partial charge in [-0.25, -0.2) is 4.39 Å². The fourth-order valence-electron chi connectivity index (χ4n) is 1.35. The summed E-state index contributed by atoms with van der Waals surface area (Å²) in [6, 6.07) is 3.31. The number of ether oxygens (including phenoxy) is 1. The number of hydrogen-bond donors (Lipinski definition) is 1. The highest BCUT2D eigenvalue weighted by Gasteiger charge is 2.06. The van der Waals surface area contributed by atoms with Crippen molar-refractivity contribution < 1.29 is 14.2 Å². The maximum absolute atomic E-state index is 13.3. The molecule has 3 heteroatoms. The van der Waals surface area contributed by atoms with Crippen LogP contribution in [0.2, 0.25) is 0 Å². The van der Waals surface area contributed by atoms with Crippen molar-refractivity contribution in [3.05, 3.63) is 29.1 Å². The van der Waals surface area contributed by atoms with Gasteiger partial charge in [0.05, 0.1) is 7.11 Å². The van der Waals surface area contributed by atoms with Crippen LogP contribution in [0.3, 0.4) is 0 Å². The minimum Gasteiger partial charge on any atom is -0.496 e. The molecule has 1 N–H and O–H groups in total. The van der Waals surface area contributed by atoms with Gasteiger partial charge >= 0.3 is 0 Å². The first-order chi connectivity index (χ1) is 6.69. The molecular formula is C11H15FO2. The number of aliphatic hydroxyl groups excluding tert-OH is 1. The standard InChI is InChI=1S/C11H15FO2/c1-8-10(12)6-9(4-3-5-13)7-11(8)14-2/h6-7,13H,3-5H2,1-2H3. The Morgan fingerprint density at radius 2 is 2.14 bits per heavy atom. The second kappa shape index (κ2) is 4.96. The van der Waals surface area contributed by atoms with Crippen LogP contribution in [-0.2, 0) is 6.42 Å². The smallest absolute Gasteiger partial charge is 0.130 e. The zero-order valence-electron chi connectivity index (χ0n) is 8.51. The Morgan fingerprint density at radius 3 is 2.71 bits per heavy atom. The molecule has 0 saturated heterocycles. The SMILES string of the molecule is COc1cc(CCCO)cc(F)c1C. The van der Waals surface area contributed by atoms with E-state index in [4.69, 9.17) is 9.84 Å². The summed E-state index contributed by atoms with van der Waals surface area (Å²) in [5, 5.41) is 8.65. The zero-order chi connectivity index (χ0) is 10.6. The van der Waals surface area contributed by atoms with Gasteiger partial charge in [-0.15, -0.1) is 0 Å². The van der Waals surface area contributed by atoms with Crippen LogP contribution in [0.1, 0.15) is 17.5 Å². The molecule has 14 heavy (non-hydrogen) atoms. The van der Waals surface area contributed by atoms with Crippen LogP contribution in [0.5, 0.6) is 5.75 Å². The molecule has 1 aromatic carbocycles. The van der Waals surface area contributed by atoms with E-state index in [9.17, 15) is 4.39 Å². The van der Waals surface area contributed by atoms with Gasteiger partial charge in [0, 0.05) is 12.2 Å². The summed E-state index contributed by atoms with van der Waals surface area (Å²) >= 11 is 0. The number of aliphatic hydroxyl groups is 1. The largest absolute Gasteiger partial charge is 0.496 e. The van der Waals surface area contributed by atoms with Crippen molar-refractivity contribution in [3.63, 3.8) is 0 Å². The topological polar surface area (TPSA) is 29.5 Å². The van der Waals surface area contributed by atoms with E-state index in [0.717, 1.165) is 5.56 Å². The van der Waals surface area contributed by atoms with E-state index in [1.165, 1.54) is 13.2 Å². The molecule has 2 nitrogen and oxygen atoms in total. The fourth-order valence-corrected chi connectivity index (χ4v) is 1.35. The predicted octanol–water partition coefficient (Wildman–Crippen LogP) is 2.07. The Labute approximate surface area is 83.3 Å². The van der Waals surface area contributed by atoms with Crippen molar-refractivity contribution in [2.45, 2.75) is 19.8 Å². The second-order valence-corrected chi connectivity index (χ2v) is 3.23. The number of halogens is 1. The number of aryl methyl sites for hydroxylation is 1. The Morgan fingerprint density at radius 1 is 1.43 bits per heavy atom. The molecule has 0 fully saturated rings. The van der Waals surface area contributed by atoms with Crippen LogP contribution in [0, 0.1) is 12.7 Å². The quantitative estimate of drug-likeness (QED) is 0.802. The molecule has 0 unspecified atom stereocenters. The number of methoxy groups -OCH3 is 1. The van der Waals surface area contributed by atoms with Gasteiger partial charge in [0.1, 0.15) is 11.6 Å². The first-order valence-electron chi connectivity index (χ1n) is 4.63. The van der Waals surface area contributed by atoms with Crippen LogP contribution in [0.25, 0.3) is 0 Å². The monoisotopic (exact) mass is 198 g/mol. The minimum absolute atomic E-state index is 0.123. The van der Waals surface area contributed by atoms with E-state index in [2.05, 4.69) is 0 Å². The van der Waals surface area contributed by atoms with E-state index < -0.39 is 0 Å². The van der Waals surface area contributed by atoms with Gasteiger partial charge in [-0.2, -0.15) is 0 Å². The lowest BCUT2D eigenvalue weighted by molar-refractivity contribution is 0.288. The molecule has 0 aromatic heterocycles. The fraction of sp³-hybridized carbons (Fsp3) is 0.455. The second-order valence-electron chi connectivity index (χ2n) is 3.23. The van der Waals surface area contributed by atoms with Gasteiger partial charge in [0.2, 0.25) is 0 Å². The highest BCUT2D eigenvalue weighted by atomic mass is 19.1. The summed E-state index contributed by atoms with van der Waals surface area (Å²) < 4.78 is 18.4. The molecule has 0 spiro atoms. The zero-order valence-corrected chi connectivity index (χ0v) is 8.51. The summed E-state index contributed by atoms with van der Waals surface area (Å²) in [6.07, 6.45) is 1.32. The lowest BCUT2D eigenvalue weighted by atomic mass is 10.1. The average Bonchev–Trinajstić information content (AvgIpc) is 2.19. The normalized spacial score (nSPS) is 10.3. The van der Waals surface area contributed by atoms with Gasteiger partial charge in [-0.05, 0) is 37.5 Å². The minimum atomic E-state index is -0.253. The molecule has 0 aliphatic rings. The van der Waals surface area contributed by atoms with Gasteiger partial charge < -0.3 is 9.84 Å². The van der Waals surface area contributed by atoms with Crippen molar-refractivity contribution in [2.75, 3.05) is 13.7 Å². The molecule has 0 atom stereocenters. The van der Waals surface area contributed by atoms with Crippen molar-refractivity contribution >= 4 is 0 Å². The molecule has 0 amide bonds. The number of hydrogen-bond acceptors (Lipinski definition) is 2. The van der Waals surface area contributed by atoms with Crippen molar-refractivity contribution in [2.24, 2.45) is 0 Å². The molecule has 0 heterocycles. The van der Waals surface area contributed by atoms with E-state index in [0.29, 0.717) is 24.2 Å². The number of rotatable bonds is 4. The third kappa shape index (κ3) is 2.45. The first kappa shape index (κ1) is 11.0. The van der Waals surface area contributed by atoms with E-state index in [1.807, 2.05) is 6.07 Å². The molecule has 0 aliphatic heterocycles. The van der Waals surface area contributed by atoms with Crippen molar-refractivity contribution in [3.8, 4) is 5.75 Å². The highest BCUT2D eigenvalue weighted by Crippen LogP contribution is 2.23. The van der Waals surface area contributed by atoms with Crippen molar-refractivity contribution in [1.29, 1.82) is 0 Å². The molecular weight excluding hydrogens is 183 g/mol. The van der Waals surface area contributed by atoms with Gasteiger partial charge in [-0.1, -0.05) is 0 Å². The summed E-state index contributed by atoms with van der Waals surface area (Å²) in [4.78, 5) is 0. The number of benzene rings is 1. The first-order valence-corrected chi connectivity index (χ1v) is 4.63. The third-order valence-electron chi connectivity index (χ3n) is 2.20. The van der Waals surface area contributed by atoms with Crippen LogP contribution >= 0.6 is 0 Å². The van der Waals surface area contributed by atoms with Gasteiger partial charge in [0.25, 0.3) is 0 Å². The summed E-state index contributed by atoms with van der Waals surface area (Å²) in [7, 11) is 1.53. The molecule has 0 saturated carbocycles. The molecule has 1 aromatic rings. The summed E-state index contributed by atoms with van der Waals surface area (Å²) in [6.45, 7) is 1.81. The maximum Gasteiger partial charge on any atom is 0.130 e. The Hall–Kier alpha value is -1.09. The highest BCUT2D eigenvalue weighted by molar-refractivity contribution is 5.37. The van der Waals surface area contributed by atoms with E-state index in [1.54, 1.807) is 6.92 Å². The molecule has 78 valence electrons. The lowest BCUT2D eigenvalue weighted by Gasteiger charge is -2.08. The van der Waals surface area contributed by atoms with Crippen LogP contribution < -0.4 is 4.74 Å². The maximum atomic E-state index is 13.3. The predicted molar refractivity (Wildman–Crippen MR) is 53.1 cm³/mol. The summed E-state index contributed by atoms with van der Waals surface area (Å²) in [5.74, 6) is 0.315. The van der Waals surface area contributed by atoms with Crippen LogP contribution in [0.15, 0.2) is 12.1 Å². The van der Waals surface area contributed by atoms with Gasteiger partial charge in [0.15, 0.2) is 0 Å². The molecule has 0 bridgehead atoms. The Balaban J connectivity index is 2.91. The molecule has 0 aliphatic carbocycles. The molecule has 0 radical (unpaired) electrons. The van der Waals surface area contributed by atoms with Gasteiger partial charge in [-0.3, -0.25) is 0 Å². The Bertz CT molecular complexity index is 310. The third-order valence-corrected chi connectivity index (χ3v) is 2.20. The van der Waals surface area contributed by atoms with Crippen LogP contribution in [-0.4, -0.2) is 18.8 Å². The summed E-state index contributed by atoms with van der Waals surface area (Å²) in [5.41, 5.74) is 1.39.